The third-order valence-corrected chi connectivity index (χ3v) is 3.17. The summed E-state index contributed by atoms with van der Waals surface area (Å²) in [4.78, 5) is 13.9. The van der Waals surface area contributed by atoms with Crippen molar-refractivity contribution in [3.05, 3.63) is 35.1 Å². The van der Waals surface area contributed by atoms with Gasteiger partial charge in [-0.2, -0.15) is 0 Å². The zero-order valence-electron chi connectivity index (χ0n) is 10.6. The maximum Gasteiger partial charge on any atom is 0.254 e. The number of nitrogens with zero attached hydrogens (tertiary/aromatic N) is 1. The van der Waals surface area contributed by atoms with Gasteiger partial charge in [0.2, 0.25) is 0 Å². The summed E-state index contributed by atoms with van der Waals surface area (Å²) < 4.78 is 13.2. The van der Waals surface area contributed by atoms with Gasteiger partial charge in [0, 0.05) is 24.7 Å². The first-order chi connectivity index (χ1) is 8.10. The number of hydrogen-bond acceptors (Lipinski definition) is 2. The van der Waals surface area contributed by atoms with Gasteiger partial charge >= 0.3 is 0 Å². The lowest BCUT2D eigenvalue weighted by Crippen LogP contribution is -2.33. The Balaban J connectivity index is 0.00000162. The predicted octanol–water partition coefficient (Wildman–Crippen LogP) is 1.99. The minimum Gasteiger partial charge on any atom is -0.337 e. The van der Waals surface area contributed by atoms with Crippen molar-refractivity contribution in [1.29, 1.82) is 0 Å². The van der Waals surface area contributed by atoms with Crippen LogP contribution in [0.5, 0.6) is 0 Å². The van der Waals surface area contributed by atoms with Gasteiger partial charge in [0.1, 0.15) is 5.82 Å². The number of benzene rings is 1. The van der Waals surface area contributed by atoms with Gasteiger partial charge in [-0.05, 0) is 44.2 Å². The van der Waals surface area contributed by atoms with Crippen molar-refractivity contribution in [2.45, 2.75) is 19.4 Å². The Bertz CT molecular complexity index is 419. The van der Waals surface area contributed by atoms with E-state index in [1.54, 1.807) is 17.9 Å². The van der Waals surface area contributed by atoms with Crippen LogP contribution >= 0.6 is 12.4 Å². The Hall–Kier alpha value is -1.13. The molecular formula is C13H18ClFN2O. The summed E-state index contributed by atoms with van der Waals surface area (Å²) in [5, 5.41) is 3.16. The molecule has 0 aliphatic carbocycles. The van der Waals surface area contributed by atoms with Crippen LogP contribution in [0.1, 0.15) is 22.3 Å². The number of carbonyl (C=O) groups excluding carboxylic acids is 1. The van der Waals surface area contributed by atoms with E-state index in [1.165, 1.54) is 12.1 Å². The molecule has 2 rings (SSSR count). The SMILES string of the molecule is CNC1CCN(C(=O)c2cc(C)cc(F)c2)C1.Cl. The third-order valence-electron chi connectivity index (χ3n) is 3.17. The number of carbonyl (C=O) groups is 1. The minimum atomic E-state index is -0.349. The quantitative estimate of drug-likeness (QED) is 0.893. The molecule has 1 saturated heterocycles. The van der Waals surface area contributed by atoms with Gasteiger partial charge in [-0.15, -0.1) is 12.4 Å². The summed E-state index contributed by atoms with van der Waals surface area (Å²) in [7, 11) is 1.89. The Labute approximate surface area is 113 Å². The summed E-state index contributed by atoms with van der Waals surface area (Å²) in [6, 6.07) is 4.82. The van der Waals surface area contributed by atoms with Gasteiger partial charge < -0.3 is 10.2 Å². The zero-order chi connectivity index (χ0) is 12.4. The fraction of sp³-hybridized carbons (Fsp3) is 0.462. The zero-order valence-corrected chi connectivity index (χ0v) is 11.4. The van der Waals surface area contributed by atoms with E-state index in [4.69, 9.17) is 0 Å². The van der Waals surface area contributed by atoms with Crippen LogP contribution in [0.4, 0.5) is 4.39 Å². The molecule has 1 aromatic rings. The lowest BCUT2D eigenvalue weighted by molar-refractivity contribution is 0.0789. The fourth-order valence-corrected chi connectivity index (χ4v) is 2.22. The van der Waals surface area contributed by atoms with Gasteiger partial charge in [-0.1, -0.05) is 0 Å². The summed E-state index contributed by atoms with van der Waals surface area (Å²) in [6.07, 6.45) is 0.955. The number of hydrogen-bond donors (Lipinski definition) is 1. The number of likely N-dealkylation sites (N-methyl/N-ethyl adjacent to an activating group) is 1. The van der Waals surface area contributed by atoms with Gasteiger partial charge in [0.15, 0.2) is 0 Å². The molecule has 0 saturated carbocycles. The van der Waals surface area contributed by atoms with E-state index in [0.29, 0.717) is 18.2 Å². The van der Waals surface area contributed by atoms with Gasteiger partial charge in [-0.3, -0.25) is 4.79 Å². The van der Waals surface area contributed by atoms with Crippen molar-refractivity contribution >= 4 is 18.3 Å². The lowest BCUT2D eigenvalue weighted by atomic mass is 10.1. The molecule has 3 nitrogen and oxygen atoms in total. The molecule has 0 radical (unpaired) electrons. The highest BCUT2D eigenvalue weighted by Crippen LogP contribution is 2.15. The molecule has 0 spiro atoms. The van der Waals surface area contributed by atoms with Crippen LogP contribution in [0.2, 0.25) is 0 Å². The molecule has 18 heavy (non-hydrogen) atoms. The van der Waals surface area contributed by atoms with Crippen molar-refractivity contribution in [3.8, 4) is 0 Å². The van der Waals surface area contributed by atoms with Crippen molar-refractivity contribution in [1.82, 2.24) is 10.2 Å². The second-order valence-corrected chi connectivity index (χ2v) is 4.54. The second-order valence-electron chi connectivity index (χ2n) is 4.54. The summed E-state index contributed by atoms with van der Waals surface area (Å²) in [5.41, 5.74) is 1.22. The third kappa shape index (κ3) is 3.21. The van der Waals surface area contributed by atoms with Gasteiger partial charge in [-0.25, -0.2) is 4.39 Å². The van der Waals surface area contributed by atoms with Crippen LogP contribution in [0.3, 0.4) is 0 Å². The molecule has 100 valence electrons. The van der Waals surface area contributed by atoms with E-state index in [-0.39, 0.29) is 24.1 Å². The molecule has 0 aromatic heterocycles. The van der Waals surface area contributed by atoms with Crippen LogP contribution in [-0.2, 0) is 0 Å². The summed E-state index contributed by atoms with van der Waals surface area (Å²) >= 11 is 0. The standard InChI is InChI=1S/C13H17FN2O.ClH/c1-9-5-10(7-11(14)6-9)13(17)16-4-3-12(8-16)15-2;/h5-7,12,15H,3-4,8H2,1-2H3;1H. The van der Waals surface area contributed by atoms with Gasteiger partial charge in [0.25, 0.3) is 5.91 Å². The molecule has 1 N–H and O–H groups in total. The summed E-state index contributed by atoms with van der Waals surface area (Å²) in [5.74, 6) is -0.428. The van der Waals surface area contributed by atoms with E-state index in [9.17, 15) is 9.18 Å². The van der Waals surface area contributed by atoms with Gasteiger partial charge in [0.05, 0.1) is 0 Å². The first-order valence-corrected chi connectivity index (χ1v) is 5.84. The van der Waals surface area contributed by atoms with Crippen molar-refractivity contribution in [3.63, 3.8) is 0 Å². The molecule has 1 unspecified atom stereocenters. The average molecular weight is 273 g/mol. The molecule has 0 bridgehead atoms. The molecule has 5 heteroatoms. The van der Waals surface area contributed by atoms with Crippen molar-refractivity contribution in [2.75, 3.05) is 20.1 Å². The Kier molecular flexibility index (Phi) is 5.11. The van der Waals surface area contributed by atoms with Crippen molar-refractivity contribution < 1.29 is 9.18 Å². The molecule has 1 atom stereocenters. The number of amides is 1. The average Bonchev–Trinajstić information content (AvgIpc) is 2.75. The lowest BCUT2D eigenvalue weighted by Gasteiger charge is -2.16. The van der Waals surface area contributed by atoms with Crippen LogP contribution in [0, 0.1) is 12.7 Å². The summed E-state index contributed by atoms with van der Waals surface area (Å²) in [6.45, 7) is 3.23. The Morgan fingerprint density at radius 3 is 2.72 bits per heavy atom. The maximum absolute atomic E-state index is 13.2. The Morgan fingerprint density at radius 1 is 1.44 bits per heavy atom. The highest BCUT2D eigenvalue weighted by molar-refractivity contribution is 5.94. The number of halogens is 2. The first kappa shape index (κ1) is 14.9. The highest BCUT2D eigenvalue weighted by Gasteiger charge is 2.26. The number of likely N-dealkylation sites (tertiary alicyclic amines) is 1. The van der Waals surface area contributed by atoms with E-state index in [0.717, 1.165) is 18.5 Å². The number of nitrogens with one attached hydrogen (secondary N) is 1. The van der Waals surface area contributed by atoms with Crippen LogP contribution < -0.4 is 5.32 Å². The topological polar surface area (TPSA) is 32.3 Å². The number of rotatable bonds is 2. The van der Waals surface area contributed by atoms with Crippen LogP contribution in [0.25, 0.3) is 0 Å². The van der Waals surface area contributed by atoms with Crippen LogP contribution in [-0.4, -0.2) is 37.0 Å². The van der Waals surface area contributed by atoms with Crippen molar-refractivity contribution in [2.24, 2.45) is 0 Å². The van der Waals surface area contributed by atoms with E-state index >= 15 is 0 Å². The largest absolute Gasteiger partial charge is 0.337 e. The van der Waals surface area contributed by atoms with E-state index < -0.39 is 0 Å². The molecule has 1 fully saturated rings. The molecule has 1 aliphatic rings. The van der Waals surface area contributed by atoms with Crippen LogP contribution in [0.15, 0.2) is 18.2 Å². The predicted molar refractivity (Wildman–Crippen MR) is 71.8 cm³/mol. The number of aryl methyl sites for hydroxylation is 1. The first-order valence-electron chi connectivity index (χ1n) is 5.84. The molecular weight excluding hydrogens is 255 g/mol. The molecule has 1 amide bonds. The van der Waals surface area contributed by atoms with E-state index in [2.05, 4.69) is 5.32 Å². The second kappa shape index (κ2) is 6.16. The smallest absolute Gasteiger partial charge is 0.254 e. The Morgan fingerprint density at radius 2 is 2.17 bits per heavy atom. The highest BCUT2D eigenvalue weighted by atomic mass is 35.5. The fourth-order valence-electron chi connectivity index (χ4n) is 2.22. The minimum absolute atomic E-state index is 0. The maximum atomic E-state index is 13.2. The molecule has 1 aromatic carbocycles. The normalized spacial score (nSPS) is 18.6. The monoisotopic (exact) mass is 272 g/mol. The van der Waals surface area contributed by atoms with E-state index in [1.807, 2.05) is 7.05 Å². The molecule has 1 heterocycles. The molecule has 1 aliphatic heterocycles.